The Bertz CT molecular complexity index is 898. The predicted molar refractivity (Wildman–Crippen MR) is 87.7 cm³/mol. The second-order valence-electron chi connectivity index (χ2n) is 5.67. The molecule has 0 radical (unpaired) electrons. The molecule has 0 saturated carbocycles. The zero-order valence-electron chi connectivity index (χ0n) is 12.9. The van der Waals surface area contributed by atoms with Crippen LogP contribution in [-0.2, 0) is 9.84 Å². The van der Waals surface area contributed by atoms with Crippen LogP contribution in [-0.4, -0.2) is 38.1 Å². The largest absolute Gasteiger partial charge is 0.337 e. The van der Waals surface area contributed by atoms with Crippen LogP contribution >= 0.6 is 11.3 Å². The summed E-state index contributed by atoms with van der Waals surface area (Å²) in [7, 11) is -3.47. The van der Waals surface area contributed by atoms with Gasteiger partial charge in [0, 0.05) is 18.0 Å². The van der Waals surface area contributed by atoms with E-state index in [1.54, 1.807) is 17.5 Å². The SMILES string of the molecule is O=C(c1ccc(F)c(F)c1F)N1CC[C@@H](c2cccs2)S(=O)(=O)CC1. The molecule has 0 N–H and O–H groups in total. The second kappa shape index (κ2) is 6.80. The van der Waals surface area contributed by atoms with Crippen molar-refractivity contribution >= 4 is 27.1 Å². The Balaban J connectivity index is 1.86. The van der Waals surface area contributed by atoms with Crippen molar-refractivity contribution in [1.29, 1.82) is 0 Å². The molecule has 0 bridgehead atoms. The van der Waals surface area contributed by atoms with E-state index in [1.807, 2.05) is 0 Å². The summed E-state index contributed by atoms with van der Waals surface area (Å²) < 4.78 is 65.1. The third-order valence-electron chi connectivity index (χ3n) is 4.15. The van der Waals surface area contributed by atoms with Gasteiger partial charge < -0.3 is 4.90 Å². The highest BCUT2D eigenvalue weighted by atomic mass is 32.2. The van der Waals surface area contributed by atoms with Crippen LogP contribution in [0.15, 0.2) is 29.6 Å². The molecule has 1 aliphatic heterocycles. The molecule has 134 valence electrons. The number of nitrogens with zero attached hydrogens (tertiary/aromatic N) is 1. The minimum Gasteiger partial charge on any atom is -0.337 e. The van der Waals surface area contributed by atoms with Crippen molar-refractivity contribution in [2.45, 2.75) is 11.7 Å². The average molecular weight is 389 g/mol. The summed E-state index contributed by atoms with van der Waals surface area (Å²) in [5.74, 6) is -5.78. The summed E-state index contributed by atoms with van der Waals surface area (Å²) in [4.78, 5) is 14.3. The molecule has 9 heteroatoms. The second-order valence-corrected chi connectivity index (χ2v) is 8.96. The molecule has 1 aliphatic rings. The van der Waals surface area contributed by atoms with Gasteiger partial charge in [0.05, 0.1) is 16.6 Å². The normalized spacial score (nSPS) is 20.3. The zero-order chi connectivity index (χ0) is 18.2. The number of carbonyl (C=O) groups excluding carboxylic acids is 1. The van der Waals surface area contributed by atoms with Gasteiger partial charge in [0.15, 0.2) is 27.3 Å². The maximum atomic E-state index is 13.8. The van der Waals surface area contributed by atoms with Crippen molar-refractivity contribution in [2.75, 3.05) is 18.8 Å². The lowest BCUT2D eigenvalue weighted by Crippen LogP contribution is -2.34. The summed E-state index contributed by atoms with van der Waals surface area (Å²) in [5, 5.41) is 1.05. The van der Waals surface area contributed by atoms with Crippen molar-refractivity contribution in [1.82, 2.24) is 4.90 Å². The molecule has 1 fully saturated rings. The van der Waals surface area contributed by atoms with E-state index in [2.05, 4.69) is 0 Å². The van der Waals surface area contributed by atoms with E-state index < -0.39 is 44.0 Å². The molecule has 1 atom stereocenters. The Labute approximate surface area is 146 Å². The Kier molecular flexibility index (Phi) is 4.88. The van der Waals surface area contributed by atoms with E-state index in [0.717, 1.165) is 6.07 Å². The number of amides is 1. The highest BCUT2D eigenvalue weighted by Gasteiger charge is 2.34. The first-order valence-corrected chi connectivity index (χ1v) is 10.1. The molecule has 0 unspecified atom stereocenters. The van der Waals surface area contributed by atoms with Gasteiger partial charge in [-0.2, -0.15) is 0 Å². The van der Waals surface area contributed by atoms with Crippen molar-refractivity contribution in [2.24, 2.45) is 0 Å². The number of sulfone groups is 1. The van der Waals surface area contributed by atoms with Crippen LogP contribution < -0.4 is 0 Å². The molecule has 0 spiro atoms. The standard InChI is InChI=1S/C16H14F3NO3S2/c17-11-4-3-10(14(18)15(11)19)16(21)20-6-5-13(12-2-1-8-24-12)25(22,23)9-7-20/h1-4,8,13H,5-7,9H2/t13-/m0/s1. The molecule has 1 amide bonds. The Morgan fingerprint density at radius 1 is 1.12 bits per heavy atom. The minimum atomic E-state index is -3.47. The molecule has 1 aromatic carbocycles. The van der Waals surface area contributed by atoms with Crippen LogP contribution in [0, 0.1) is 17.5 Å². The summed E-state index contributed by atoms with van der Waals surface area (Å²) in [6, 6.07) is 5.01. The maximum absolute atomic E-state index is 13.8. The van der Waals surface area contributed by atoms with Crippen molar-refractivity contribution in [3.63, 3.8) is 0 Å². The number of halogens is 3. The van der Waals surface area contributed by atoms with Gasteiger partial charge in [-0.05, 0) is 30.0 Å². The third-order valence-corrected chi connectivity index (χ3v) is 7.40. The number of benzene rings is 1. The van der Waals surface area contributed by atoms with E-state index in [4.69, 9.17) is 0 Å². The smallest absolute Gasteiger partial charge is 0.256 e. The molecule has 0 aliphatic carbocycles. The predicted octanol–water partition coefficient (Wildman–Crippen LogP) is 3.17. The zero-order valence-corrected chi connectivity index (χ0v) is 14.5. The quantitative estimate of drug-likeness (QED) is 0.742. The van der Waals surface area contributed by atoms with E-state index in [0.29, 0.717) is 10.9 Å². The fourth-order valence-electron chi connectivity index (χ4n) is 2.80. The van der Waals surface area contributed by atoms with Crippen LogP contribution in [0.4, 0.5) is 13.2 Å². The van der Waals surface area contributed by atoms with Gasteiger partial charge in [0.1, 0.15) is 0 Å². The number of hydrogen-bond acceptors (Lipinski definition) is 4. The van der Waals surface area contributed by atoms with E-state index in [9.17, 15) is 26.4 Å². The molecule has 2 heterocycles. The van der Waals surface area contributed by atoms with Gasteiger partial charge in [0.2, 0.25) is 0 Å². The first kappa shape index (κ1) is 17.9. The Hall–Kier alpha value is -1.87. The van der Waals surface area contributed by atoms with Gasteiger partial charge in [0.25, 0.3) is 5.91 Å². The number of carbonyl (C=O) groups is 1. The van der Waals surface area contributed by atoms with Gasteiger partial charge >= 0.3 is 0 Å². The Morgan fingerprint density at radius 3 is 2.56 bits per heavy atom. The van der Waals surface area contributed by atoms with Crippen LogP contribution in [0.3, 0.4) is 0 Å². The molecule has 4 nitrogen and oxygen atoms in total. The Morgan fingerprint density at radius 2 is 1.88 bits per heavy atom. The molecular formula is C16H14F3NO3S2. The highest BCUT2D eigenvalue weighted by Crippen LogP contribution is 2.32. The number of thiophene rings is 1. The molecule has 3 rings (SSSR count). The number of rotatable bonds is 2. The highest BCUT2D eigenvalue weighted by molar-refractivity contribution is 7.91. The lowest BCUT2D eigenvalue weighted by molar-refractivity contribution is 0.0760. The molecule has 1 aromatic heterocycles. The van der Waals surface area contributed by atoms with Crippen molar-refractivity contribution < 1.29 is 26.4 Å². The number of hydrogen-bond donors (Lipinski definition) is 0. The monoisotopic (exact) mass is 389 g/mol. The molecular weight excluding hydrogens is 375 g/mol. The summed E-state index contributed by atoms with van der Waals surface area (Å²) >= 11 is 1.32. The van der Waals surface area contributed by atoms with E-state index in [1.165, 1.54) is 16.2 Å². The fourth-order valence-corrected chi connectivity index (χ4v) is 5.81. The van der Waals surface area contributed by atoms with Crippen LogP contribution in [0.1, 0.15) is 26.9 Å². The van der Waals surface area contributed by atoms with Crippen LogP contribution in [0.25, 0.3) is 0 Å². The van der Waals surface area contributed by atoms with Crippen molar-refractivity contribution in [3.8, 4) is 0 Å². The van der Waals surface area contributed by atoms with E-state index >= 15 is 0 Å². The van der Waals surface area contributed by atoms with Gasteiger partial charge in [-0.25, -0.2) is 21.6 Å². The van der Waals surface area contributed by atoms with Gasteiger partial charge in [-0.15, -0.1) is 11.3 Å². The summed E-state index contributed by atoms with van der Waals surface area (Å²) in [6.45, 7) is -0.0411. The lowest BCUT2D eigenvalue weighted by atomic mass is 10.1. The van der Waals surface area contributed by atoms with Crippen LogP contribution in [0.5, 0.6) is 0 Å². The third kappa shape index (κ3) is 3.43. The van der Waals surface area contributed by atoms with Crippen LogP contribution in [0.2, 0.25) is 0 Å². The molecule has 2 aromatic rings. The van der Waals surface area contributed by atoms with Gasteiger partial charge in [-0.3, -0.25) is 4.79 Å². The summed E-state index contributed by atoms with van der Waals surface area (Å²) in [5.41, 5.74) is -0.606. The molecule has 1 saturated heterocycles. The minimum absolute atomic E-state index is 0.0824. The van der Waals surface area contributed by atoms with Crippen molar-refractivity contribution in [3.05, 3.63) is 57.5 Å². The topological polar surface area (TPSA) is 54.5 Å². The molecule has 25 heavy (non-hydrogen) atoms. The van der Waals surface area contributed by atoms with Gasteiger partial charge in [-0.1, -0.05) is 6.07 Å². The summed E-state index contributed by atoms with van der Waals surface area (Å²) in [6.07, 6.45) is 0.167. The van der Waals surface area contributed by atoms with E-state index in [-0.39, 0.29) is 25.3 Å². The fraction of sp³-hybridized carbons (Fsp3) is 0.312. The first-order valence-electron chi connectivity index (χ1n) is 7.49. The average Bonchev–Trinajstić information content (AvgIpc) is 3.04. The first-order chi connectivity index (χ1) is 11.8. The maximum Gasteiger partial charge on any atom is 0.256 e. The lowest BCUT2D eigenvalue weighted by Gasteiger charge is -2.20.